The highest BCUT2D eigenvalue weighted by molar-refractivity contribution is 7.93. The van der Waals surface area contributed by atoms with Crippen LogP contribution in [0.2, 0.25) is 18.1 Å². The molecule has 1 rings (SSSR count). The fourth-order valence-electron chi connectivity index (χ4n) is 1.12. The normalized spacial score (nSPS) is 13.9. The van der Waals surface area contributed by atoms with E-state index in [9.17, 15) is 8.42 Å². The van der Waals surface area contributed by atoms with Gasteiger partial charge in [-0.25, -0.2) is 17.8 Å². The maximum Gasteiger partial charge on any atom is 0.245 e. The zero-order valence-electron chi connectivity index (χ0n) is 11.9. The lowest BCUT2D eigenvalue weighted by atomic mass is 10.2. The first-order valence-corrected chi connectivity index (χ1v) is 11.3. The van der Waals surface area contributed by atoms with Gasteiger partial charge in [0.15, 0.2) is 4.21 Å². The van der Waals surface area contributed by atoms with Crippen LogP contribution in [0.25, 0.3) is 0 Å². The third-order valence-electron chi connectivity index (χ3n) is 3.36. The minimum Gasteiger partial charge on any atom is -0.248 e. The second-order valence-corrected chi connectivity index (χ2v) is 14.3. The van der Waals surface area contributed by atoms with Crippen molar-refractivity contribution in [2.24, 2.45) is 0 Å². The molecule has 0 fully saturated rings. The third kappa shape index (κ3) is 3.40. The molecule has 0 bridgehead atoms. The van der Waals surface area contributed by atoms with Crippen LogP contribution in [0.1, 0.15) is 32.7 Å². The Labute approximate surface area is 115 Å². The molecule has 1 aromatic heterocycles. The van der Waals surface area contributed by atoms with Crippen LogP contribution in [-0.2, 0) is 16.4 Å². The van der Waals surface area contributed by atoms with Gasteiger partial charge in [0, 0.05) is 0 Å². The van der Waals surface area contributed by atoms with Crippen molar-refractivity contribution in [1.82, 2.24) is 9.37 Å². The summed E-state index contributed by atoms with van der Waals surface area (Å²) in [4.78, 5) is 4.11. The lowest BCUT2D eigenvalue weighted by Gasteiger charge is -2.36. The van der Waals surface area contributed by atoms with Gasteiger partial charge in [-0.1, -0.05) is 40.8 Å². The molecule has 1 aromatic rings. The van der Waals surface area contributed by atoms with E-state index in [2.05, 4.69) is 30.1 Å². The Kier molecular flexibility index (Phi) is 4.42. The van der Waals surface area contributed by atoms with Gasteiger partial charge in [-0.3, -0.25) is 0 Å². The zero-order chi connectivity index (χ0) is 14.2. The van der Waals surface area contributed by atoms with E-state index in [-0.39, 0.29) is 5.04 Å². The van der Waals surface area contributed by atoms with Gasteiger partial charge >= 0.3 is 0 Å². The number of hydrogen-bond acceptors (Lipinski definition) is 4. The van der Waals surface area contributed by atoms with Crippen LogP contribution in [0.3, 0.4) is 0 Å². The lowest BCUT2D eigenvalue weighted by Crippen LogP contribution is -2.54. The van der Waals surface area contributed by atoms with E-state index in [4.69, 9.17) is 0 Å². The Morgan fingerprint density at radius 2 is 1.94 bits per heavy atom. The molecule has 1 N–H and O–H groups in total. The van der Waals surface area contributed by atoms with E-state index in [1.54, 1.807) is 0 Å². The SMILES string of the molecule is CCc1ncc(S(=O)(=O)N[Si](C)(C)C(C)(C)C)s1. The summed E-state index contributed by atoms with van der Waals surface area (Å²) in [5.74, 6) is 0. The molecule has 0 radical (unpaired) electrons. The van der Waals surface area contributed by atoms with Crippen molar-refractivity contribution in [3.8, 4) is 0 Å². The van der Waals surface area contributed by atoms with Crippen molar-refractivity contribution in [2.45, 2.75) is 56.5 Å². The molecule has 0 amide bonds. The van der Waals surface area contributed by atoms with E-state index in [0.717, 1.165) is 11.4 Å². The van der Waals surface area contributed by atoms with Gasteiger partial charge in [0.05, 0.1) is 11.2 Å². The average Bonchev–Trinajstić information content (AvgIpc) is 2.62. The smallest absolute Gasteiger partial charge is 0.245 e. The summed E-state index contributed by atoms with van der Waals surface area (Å²) in [6.07, 6.45) is 2.22. The highest BCUT2D eigenvalue weighted by Crippen LogP contribution is 2.35. The van der Waals surface area contributed by atoms with Crippen LogP contribution in [-0.4, -0.2) is 21.6 Å². The molecule has 0 aliphatic carbocycles. The number of rotatable bonds is 4. The van der Waals surface area contributed by atoms with E-state index >= 15 is 0 Å². The van der Waals surface area contributed by atoms with Gasteiger partial charge < -0.3 is 0 Å². The first-order valence-electron chi connectivity index (χ1n) is 5.98. The maximum atomic E-state index is 12.3. The molecule has 7 heteroatoms. The number of sulfonamides is 1. The Balaban J connectivity index is 3.02. The summed E-state index contributed by atoms with van der Waals surface area (Å²) in [6, 6.07) is 0. The van der Waals surface area contributed by atoms with E-state index in [1.165, 1.54) is 17.5 Å². The molecule has 18 heavy (non-hydrogen) atoms. The van der Waals surface area contributed by atoms with Crippen molar-refractivity contribution in [1.29, 1.82) is 0 Å². The van der Waals surface area contributed by atoms with Gasteiger partial charge in [0.25, 0.3) is 0 Å². The summed E-state index contributed by atoms with van der Waals surface area (Å²) in [7, 11) is -5.51. The molecular formula is C11H22N2O2S2Si. The van der Waals surface area contributed by atoms with Crippen LogP contribution in [0.4, 0.5) is 0 Å². The molecule has 0 aromatic carbocycles. The van der Waals surface area contributed by atoms with Crippen LogP contribution in [0.15, 0.2) is 10.4 Å². The molecular weight excluding hydrogens is 284 g/mol. The topological polar surface area (TPSA) is 59.1 Å². The van der Waals surface area contributed by atoms with Crippen LogP contribution in [0.5, 0.6) is 0 Å². The standard InChI is InChI=1S/C11H22N2O2S2Si/c1-7-9-12-8-10(16-9)17(14,15)13-18(5,6)11(2,3)4/h8,13H,7H2,1-6H3. The highest BCUT2D eigenvalue weighted by Gasteiger charge is 2.39. The summed E-state index contributed by atoms with van der Waals surface area (Å²) in [5, 5.41) is 0.823. The number of nitrogens with one attached hydrogen (secondary N) is 1. The summed E-state index contributed by atoms with van der Waals surface area (Å²) in [6.45, 7) is 12.3. The minimum absolute atomic E-state index is 0.0294. The number of aryl methyl sites for hydroxylation is 1. The van der Waals surface area contributed by atoms with Gasteiger partial charge in [-0.05, 0) is 11.5 Å². The Morgan fingerprint density at radius 1 is 1.39 bits per heavy atom. The Bertz CT molecular complexity index is 515. The van der Waals surface area contributed by atoms with E-state index in [1.807, 2.05) is 20.0 Å². The molecule has 104 valence electrons. The van der Waals surface area contributed by atoms with Crippen LogP contribution in [0, 0.1) is 0 Å². The molecule has 0 atom stereocenters. The zero-order valence-corrected chi connectivity index (χ0v) is 14.5. The van der Waals surface area contributed by atoms with Gasteiger partial charge in [-0.2, -0.15) is 0 Å². The predicted molar refractivity (Wildman–Crippen MR) is 79.0 cm³/mol. The van der Waals surface area contributed by atoms with Crippen LogP contribution >= 0.6 is 11.3 Å². The molecule has 0 saturated heterocycles. The van der Waals surface area contributed by atoms with E-state index < -0.39 is 18.3 Å². The molecule has 0 saturated carbocycles. The second kappa shape index (κ2) is 5.03. The predicted octanol–water partition coefficient (Wildman–Crippen LogP) is 2.99. The van der Waals surface area contributed by atoms with Gasteiger partial charge in [0.1, 0.15) is 8.24 Å². The maximum absolute atomic E-state index is 12.3. The molecule has 0 aliphatic rings. The lowest BCUT2D eigenvalue weighted by molar-refractivity contribution is 0.591. The van der Waals surface area contributed by atoms with Crippen molar-refractivity contribution in [2.75, 3.05) is 0 Å². The summed E-state index contributed by atoms with van der Waals surface area (Å²) >= 11 is 1.25. The fourth-order valence-corrected chi connectivity index (χ4v) is 7.32. The largest absolute Gasteiger partial charge is 0.248 e. The van der Waals surface area contributed by atoms with Gasteiger partial charge in [0.2, 0.25) is 10.0 Å². The number of hydrogen-bond donors (Lipinski definition) is 1. The van der Waals surface area contributed by atoms with Gasteiger partial charge in [-0.15, -0.1) is 11.3 Å². The van der Waals surface area contributed by atoms with Crippen molar-refractivity contribution in [3.63, 3.8) is 0 Å². The van der Waals surface area contributed by atoms with Crippen molar-refractivity contribution < 1.29 is 8.42 Å². The third-order valence-corrected chi connectivity index (χ3v) is 12.7. The summed E-state index contributed by atoms with van der Waals surface area (Å²) in [5.41, 5.74) is 0. The van der Waals surface area contributed by atoms with Crippen molar-refractivity contribution in [3.05, 3.63) is 11.2 Å². The quantitative estimate of drug-likeness (QED) is 0.870. The number of aromatic nitrogens is 1. The monoisotopic (exact) mass is 306 g/mol. The molecule has 4 nitrogen and oxygen atoms in total. The molecule has 0 unspecified atom stereocenters. The Hall–Kier alpha value is -0.243. The number of nitrogens with zero attached hydrogens (tertiary/aromatic N) is 1. The van der Waals surface area contributed by atoms with E-state index in [0.29, 0.717) is 4.21 Å². The van der Waals surface area contributed by atoms with Crippen LogP contribution < -0.4 is 4.39 Å². The average molecular weight is 307 g/mol. The highest BCUT2D eigenvalue weighted by atomic mass is 32.2. The summed E-state index contributed by atoms with van der Waals surface area (Å²) < 4.78 is 27.9. The molecule has 0 aliphatic heterocycles. The second-order valence-electron chi connectivity index (χ2n) is 5.91. The first-order chi connectivity index (χ1) is 7.99. The number of thiazole rings is 1. The molecule has 0 spiro atoms. The fraction of sp³-hybridized carbons (Fsp3) is 0.727. The first kappa shape index (κ1) is 15.8. The van der Waals surface area contributed by atoms with Crippen molar-refractivity contribution >= 4 is 29.6 Å². The Morgan fingerprint density at radius 3 is 2.33 bits per heavy atom. The molecule has 1 heterocycles. The minimum atomic E-state index is -3.42.